The van der Waals surface area contributed by atoms with Crippen LogP contribution >= 0.6 is 0 Å². The summed E-state index contributed by atoms with van der Waals surface area (Å²) in [5.41, 5.74) is 0. The van der Waals surface area contributed by atoms with Crippen LogP contribution in [-0.4, -0.2) is 20.1 Å². The largest absolute Gasteiger partial charge is 1.00 e. The van der Waals surface area contributed by atoms with Crippen molar-refractivity contribution in [2.75, 3.05) is 14.1 Å². The molecule has 0 saturated heterocycles. The normalized spacial score (nSPS) is 6.00. The molecule has 0 unspecified atom stereocenters. The molecule has 7 heavy (non-hydrogen) atoms. The third-order valence-corrected chi connectivity index (χ3v) is 0.417. The summed E-state index contributed by atoms with van der Waals surface area (Å²) in [6.07, 6.45) is 0. The Labute approximate surface area is 55.0 Å². The fourth-order valence-corrected chi connectivity index (χ4v) is 0.112. The van der Waals surface area contributed by atoms with E-state index < -0.39 is 0 Å². The first-order valence-electron chi connectivity index (χ1n) is 1.62. The first kappa shape index (κ1) is 9.98. The molecule has 3 nitrogen and oxygen atoms in total. The molecule has 4 heteroatoms. The van der Waals surface area contributed by atoms with E-state index in [9.17, 15) is 4.79 Å². The minimum absolute atomic E-state index is 0. The van der Waals surface area contributed by atoms with Crippen molar-refractivity contribution in [2.24, 2.45) is 0 Å². The van der Waals surface area contributed by atoms with E-state index in [4.69, 9.17) is 0 Å². The Morgan fingerprint density at radius 2 is 2.14 bits per heavy atom. The summed E-state index contributed by atoms with van der Waals surface area (Å²) >= 11 is 0. The van der Waals surface area contributed by atoms with E-state index in [-0.39, 0.29) is 24.9 Å². The third-order valence-electron chi connectivity index (χ3n) is 0.417. The predicted octanol–water partition coefficient (Wildman–Crippen LogP) is -2.67. The van der Waals surface area contributed by atoms with Crippen LogP contribution in [0.3, 0.4) is 0 Å². The number of nitrogens with zero attached hydrogens (tertiary/aromatic N) is 1. The Balaban J connectivity index is 0. The molecule has 0 aliphatic rings. The summed E-state index contributed by atoms with van der Waals surface area (Å²) < 4.78 is 0. The Hall–Kier alpha value is -0.133. The van der Waals surface area contributed by atoms with Crippen molar-refractivity contribution in [1.82, 2.24) is 5.32 Å². The quantitative estimate of drug-likeness (QED) is 0.327. The predicted molar refractivity (Wildman–Crippen MR) is 23.7 cm³/mol. The third kappa shape index (κ3) is 5.87. The van der Waals surface area contributed by atoms with Gasteiger partial charge in [-0.05, 0) is 0 Å². The number of carbonyl (C=O) groups excluding carboxylic acids is 1. The van der Waals surface area contributed by atoms with Gasteiger partial charge in [-0.1, -0.05) is 14.1 Å². The van der Waals surface area contributed by atoms with Gasteiger partial charge in [0.05, 0.1) is 0 Å². The summed E-state index contributed by atoms with van der Waals surface area (Å²) in [6, 6.07) is -0.282. The zero-order valence-electron chi connectivity index (χ0n) is 4.86. The zero-order chi connectivity index (χ0) is 4.99. The average Bonchev–Trinajstić information content (AvgIpc) is 1.65. The summed E-state index contributed by atoms with van der Waals surface area (Å²) in [5, 5.41) is 5.57. The molecule has 0 rings (SSSR count). The van der Waals surface area contributed by atoms with Gasteiger partial charge in [-0.2, -0.15) is 0 Å². The SMILES string of the molecule is C[N-]C(=O)NC.[Li+]. The molecule has 0 heterocycles. The summed E-state index contributed by atoms with van der Waals surface area (Å²) in [4.78, 5) is 9.90. The molecular weight excluding hydrogens is 87.0 g/mol. The van der Waals surface area contributed by atoms with Gasteiger partial charge in [-0.3, -0.25) is 4.79 Å². The molecule has 2 amide bonds. The Bertz CT molecular complexity index is 50.9. The van der Waals surface area contributed by atoms with E-state index in [2.05, 4.69) is 10.6 Å². The number of hydrogen-bond acceptors (Lipinski definition) is 1. The number of nitrogens with one attached hydrogen (secondary N) is 1. The van der Waals surface area contributed by atoms with Gasteiger partial charge in [0.15, 0.2) is 6.03 Å². The molecule has 0 aliphatic heterocycles. The van der Waals surface area contributed by atoms with Gasteiger partial charge < -0.3 is 10.6 Å². The first-order valence-corrected chi connectivity index (χ1v) is 1.62. The molecule has 0 bridgehead atoms. The molecule has 0 aromatic heterocycles. The van der Waals surface area contributed by atoms with Crippen LogP contribution in [0.15, 0.2) is 0 Å². The number of amides is 2. The second-order valence-corrected chi connectivity index (χ2v) is 0.779. The van der Waals surface area contributed by atoms with Gasteiger partial charge in [0.25, 0.3) is 0 Å². The van der Waals surface area contributed by atoms with Gasteiger partial charge in [-0.25, -0.2) is 0 Å². The van der Waals surface area contributed by atoms with Crippen molar-refractivity contribution in [3.8, 4) is 0 Å². The Morgan fingerprint density at radius 1 is 1.71 bits per heavy atom. The molecule has 0 saturated carbocycles. The molecule has 0 aliphatic carbocycles. The van der Waals surface area contributed by atoms with Gasteiger partial charge in [-0.15, -0.1) is 0 Å². The molecule has 0 spiro atoms. The van der Waals surface area contributed by atoms with E-state index in [0.717, 1.165) is 0 Å². The van der Waals surface area contributed by atoms with Gasteiger partial charge >= 0.3 is 18.9 Å². The fraction of sp³-hybridized carbons (Fsp3) is 0.667. The van der Waals surface area contributed by atoms with Crippen LogP contribution in [0.1, 0.15) is 0 Å². The second-order valence-electron chi connectivity index (χ2n) is 0.779. The summed E-state index contributed by atoms with van der Waals surface area (Å²) in [7, 11) is 2.98. The van der Waals surface area contributed by atoms with E-state index in [1.807, 2.05) is 0 Å². The number of carbonyl (C=O) groups is 1. The smallest absolute Gasteiger partial charge is 0.453 e. The average molecular weight is 94.0 g/mol. The van der Waals surface area contributed by atoms with E-state index >= 15 is 0 Å². The number of urea groups is 1. The van der Waals surface area contributed by atoms with Crippen molar-refractivity contribution in [3.63, 3.8) is 0 Å². The van der Waals surface area contributed by atoms with Crippen molar-refractivity contribution >= 4 is 6.03 Å². The van der Waals surface area contributed by atoms with Gasteiger partial charge in [0.1, 0.15) is 0 Å². The minimum atomic E-state index is -0.282. The van der Waals surface area contributed by atoms with Crippen LogP contribution in [0.25, 0.3) is 5.32 Å². The standard InChI is InChI=1S/C3H8N2O.Li/c1-4-3(6)5-2;/h1-2H3,(H2,4,5,6);/q;+1/p-1. The maximum Gasteiger partial charge on any atom is 1.00 e. The minimum Gasteiger partial charge on any atom is -0.453 e. The molecular formula is C3H7LiN2O. The molecule has 0 aromatic carbocycles. The van der Waals surface area contributed by atoms with Crippen molar-refractivity contribution < 1.29 is 23.7 Å². The Kier molecular flexibility index (Phi) is 8.36. The first-order chi connectivity index (χ1) is 2.81. The van der Waals surface area contributed by atoms with Crippen molar-refractivity contribution in [2.45, 2.75) is 0 Å². The Morgan fingerprint density at radius 3 is 2.14 bits per heavy atom. The van der Waals surface area contributed by atoms with Crippen LogP contribution in [0.4, 0.5) is 4.79 Å². The van der Waals surface area contributed by atoms with Crippen molar-refractivity contribution in [3.05, 3.63) is 5.32 Å². The van der Waals surface area contributed by atoms with Gasteiger partial charge in [0, 0.05) is 0 Å². The van der Waals surface area contributed by atoms with Gasteiger partial charge in [0.2, 0.25) is 0 Å². The number of hydrogen-bond donors (Lipinski definition) is 1. The maximum atomic E-state index is 9.90. The van der Waals surface area contributed by atoms with Crippen molar-refractivity contribution in [1.29, 1.82) is 0 Å². The molecule has 1 N–H and O–H groups in total. The summed E-state index contributed by atoms with van der Waals surface area (Å²) in [6.45, 7) is 0. The summed E-state index contributed by atoms with van der Waals surface area (Å²) in [5.74, 6) is 0. The van der Waals surface area contributed by atoms with Crippen LogP contribution in [0, 0.1) is 0 Å². The van der Waals surface area contributed by atoms with Crippen LogP contribution < -0.4 is 24.2 Å². The zero-order valence-corrected chi connectivity index (χ0v) is 4.86. The van der Waals surface area contributed by atoms with Crippen LogP contribution in [0.5, 0.6) is 0 Å². The topological polar surface area (TPSA) is 43.2 Å². The van der Waals surface area contributed by atoms with Crippen LogP contribution in [-0.2, 0) is 0 Å². The van der Waals surface area contributed by atoms with E-state index in [0.29, 0.717) is 0 Å². The molecule has 0 atom stereocenters. The molecule has 36 valence electrons. The molecule has 0 radical (unpaired) electrons. The maximum absolute atomic E-state index is 9.90. The monoisotopic (exact) mass is 94.1 g/mol. The second kappa shape index (κ2) is 5.87. The fourth-order valence-electron chi connectivity index (χ4n) is 0.112. The molecule has 0 aromatic rings. The number of rotatable bonds is 0. The van der Waals surface area contributed by atoms with Crippen LogP contribution in [0.2, 0.25) is 0 Å². The molecule has 0 fully saturated rings. The van der Waals surface area contributed by atoms with E-state index in [1.165, 1.54) is 14.1 Å². The van der Waals surface area contributed by atoms with E-state index in [1.54, 1.807) is 0 Å².